The van der Waals surface area contributed by atoms with Gasteiger partial charge >= 0.3 is 6.03 Å². The van der Waals surface area contributed by atoms with Gasteiger partial charge in [-0.3, -0.25) is 9.59 Å². The SMILES string of the molecule is C[C@@H](c1ccccc1)N1C[C@H]2N(C(=O)CN(C)N2C(=O)NCc2ccccc2)[C@@H](Cc2ccccc2)C1=O. The number of hydrogen-bond donors (Lipinski definition) is 1. The second-order valence-corrected chi connectivity index (χ2v) is 9.87. The van der Waals surface area contributed by atoms with E-state index in [0.29, 0.717) is 13.0 Å². The Morgan fingerprint density at radius 3 is 2.11 bits per heavy atom. The van der Waals surface area contributed by atoms with Gasteiger partial charge in [0.05, 0.1) is 19.1 Å². The van der Waals surface area contributed by atoms with Crippen LogP contribution in [0.4, 0.5) is 4.79 Å². The molecular formula is C30H33N5O3. The van der Waals surface area contributed by atoms with Crippen molar-refractivity contribution in [1.29, 1.82) is 0 Å². The summed E-state index contributed by atoms with van der Waals surface area (Å²) in [6.07, 6.45) is -0.252. The monoisotopic (exact) mass is 511 g/mol. The van der Waals surface area contributed by atoms with Crippen LogP contribution in [0.25, 0.3) is 0 Å². The number of carbonyl (C=O) groups is 3. The highest BCUT2D eigenvalue weighted by Crippen LogP contribution is 2.32. The lowest BCUT2D eigenvalue weighted by Crippen LogP contribution is -2.76. The Morgan fingerprint density at radius 2 is 1.47 bits per heavy atom. The first-order valence-electron chi connectivity index (χ1n) is 13.0. The van der Waals surface area contributed by atoms with Crippen LogP contribution >= 0.6 is 0 Å². The Labute approximate surface area is 223 Å². The fourth-order valence-corrected chi connectivity index (χ4v) is 5.42. The molecule has 0 spiro atoms. The third kappa shape index (κ3) is 5.13. The molecular weight excluding hydrogens is 478 g/mol. The summed E-state index contributed by atoms with van der Waals surface area (Å²) in [5.41, 5.74) is 2.95. The van der Waals surface area contributed by atoms with E-state index in [1.54, 1.807) is 22.0 Å². The highest BCUT2D eigenvalue weighted by atomic mass is 16.2. The quantitative estimate of drug-likeness (QED) is 0.550. The molecule has 3 atom stereocenters. The van der Waals surface area contributed by atoms with E-state index >= 15 is 0 Å². The van der Waals surface area contributed by atoms with E-state index in [2.05, 4.69) is 5.32 Å². The number of urea groups is 1. The van der Waals surface area contributed by atoms with Crippen molar-refractivity contribution in [2.45, 2.75) is 38.1 Å². The van der Waals surface area contributed by atoms with E-state index in [0.717, 1.165) is 16.7 Å². The highest BCUT2D eigenvalue weighted by Gasteiger charge is 2.51. The van der Waals surface area contributed by atoms with Crippen molar-refractivity contribution >= 4 is 17.8 Å². The molecule has 3 aromatic carbocycles. The third-order valence-corrected chi connectivity index (χ3v) is 7.40. The van der Waals surface area contributed by atoms with Gasteiger partial charge in [0.1, 0.15) is 12.2 Å². The molecule has 4 amide bonds. The van der Waals surface area contributed by atoms with E-state index < -0.39 is 12.2 Å². The largest absolute Gasteiger partial charge is 0.334 e. The van der Waals surface area contributed by atoms with Crippen molar-refractivity contribution in [1.82, 2.24) is 25.1 Å². The topological polar surface area (TPSA) is 76.2 Å². The predicted octanol–water partition coefficient (Wildman–Crippen LogP) is 3.43. The summed E-state index contributed by atoms with van der Waals surface area (Å²) < 4.78 is 0. The third-order valence-electron chi connectivity index (χ3n) is 7.40. The van der Waals surface area contributed by atoms with Gasteiger partial charge in [-0.1, -0.05) is 91.0 Å². The molecule has 0 radical (unpaired) electrons. The first-order chi connectivity index (χ1) is 18.4. The Bertz CT molecular complexity index is 1270. The second kappa shape index (κ2) is 11.1. The number of likely N-dealkylation sites (N-methyl/N-ethyl adjacent to an activating group) is 1. The summed E-state index contributed by atoms with van der Waals surface area (Å²) in [5.74, 6) is -0.269. The summed E-state index contributed by atoms with van der Waals surface area (Å²) in [6, 6.07) is 28.0. The standard InChI is InChI=1S/C30H33N5O3/c1-22(25-16-10-5-11-17-25)33-20-27-34(26(29(33)37)18-23-12-6-3-7-13-23)28(36)21-32(2)35(27)30(38)31-19-24-14-8-4-9-15-24/h3-17,22,26-27H,18-21H2,1-2H3,(H,31,38)/t22-,26-,27-/m0/s1. The summed E-state index contributed by atoms with van der Waals surface area (Å²) in [6.45, 7) is 2.59. The Balaban J connectivity index is 1.48. The van der Waals surface area contributed by atoms with Crippen molar-refractivity contribution in [3.63, 3.8) is 0 Å². The molecule has 0 unspecified atom stereocenters. The van der Waals surface area contributed by atoms with Gasteiger partial charge in [0.2, 0.25) is 11.8 Å². The molecule has 0 bridgehead atoms. The molecule has 3 aromatic rings. The molecule has 2 fully saturated rings. The lowest BCUT2D eigenvalue weighted by molar-refractivity contribution is -0.189. The molecule has 38 heavy (non-hydrogen) atoms. The number of hydrogen-bond acceptors (Lipinski definition) is 4. The first kappa shape index (κ1) is 25.5. The maximum atomic E-state index is 14.0. The fraction of sp³-hybridized carbons (Fsp3) is 0.300. The maximum absolute atomic E-state index is 14.0. The van der Waals surface area contributed by atoms with Crippen molar-refractivity contribution in [3.05, 3.63) is 108 Å². The van der Waals surface area contributed by atoms with E-state index in [1.807, 2.05) is 103 Å². The molecule has 0 aromatic heterocycles. The number of carbonyl (C=O) groups excluding carboxylic acids is 3. The maximum Gasteiger partial charge on any atom is 0.334 e. The number of rotatable bonds is 6. The van der Waals surface area contributed by atoms with Gasteiger partial charge in [0.25, 0.3) is 0 Å². The minimum Gasteiger partial charge on any atom is -0.333 e. The van der Waals surface area contributed by atoms with Crippen molar-refractivity contribution in [2.75, 3.05) is 20.1 Å². The Kier molecular flexibility index (Phi) is 7.42. The summed E-state index contributed by atoms with van der Waals surface area (Å²) in [5, 5.41) is 6.26. The van der Waals surface area contributed by atoms with Crippen LogP contribution in [0.1, 0.15) is 29.7 Å². The first-order valence-corrected chi connectivity index (χ1v) is 13.0. The minimum atomic E-state index is -0.715. The van der Waals surface area contributed by atoms with E-state index in [-0.39, 0.29) is 37.0 Å². The number of fused-ring (bicyclic) bond motifs is 1. The number of nitrogens with one attached hydrogen (secondary N) is 1. The second-order valence-electron chi connectivity index (χ2n) is 9.87. The highest BCUT2D eigenvalue weighted by molar-refractivity contribution is 5.92. The van der Waals surface area contributed by atoms with E-state index in [1.165, 1.54) is 0 Å². The molecule has 2 aliphatic heterocycles. The smallest absolute Gasteiger partial charge is 0.333 e. The molecule has 8 nitrogen and oxygen atoms in total. The molecule has 2 heterocycles. The average molecular weight is 512 g/mol. The fourth-order valence-electron chi connectivity index (χ4n) is 5.42. The zero-order valence-corrected chi connectivity index (χ0v) is 21.7. The molecule has 0 saturated carbocycles. The van der Waals surface area contributed by atoms with Crippen LogP contribution in [0.2, 0.25) is 0 Å². The van der Waals surface area contributed by atoms with Gasteiger partial charge in [-0.2, -0.15) is 0 Å². The predicted molar refractivity (Wildman–Crippen MR) is 144 cm³/mol. The summed E-state index contributed by atoms with van der Waals surface area (Å²) >= 11 is 0. The molecule has 1 N–H and O–H groups in total. The van der Waals surface area contributed by atoms with Crippen LogP contribution in [0.15, 0.2) is 91.0 Å². The van der Waals surface area contributed by atoms with Crippen molar-refractivity contribution in [3.8, 4) is 0 Å². The lowest BCUT2D eigenvalue weighted by Gasteiger charge is -2.55. The van der Waals surface area contributed by atoms with Crippen LogP contribution in [0.5, 0.6) is 0 Å². The summed E-state index contributed by atoms with van der Waals surface area (Å²) in [4.78, 5) is 44.5. The lowest BCUT2D eigenvalue weighted by atomic mass is 9.96. The average Bonchev–Trinajstić information content (AvgIpc) is 2.94. The van der Waals surface area contributed by atoms with Gasteiger partial charge in [-0.25, -0.2) is 14.8 Å². The zero-order chi connectivity index (χ0) is 26.6. The number of hydrazine groups is 1. The molecule has 5 rings (SSSR count). The molecule has 2 saturated heterocycles. The van der Waals surface area contributed by atoms with Crippen LogP contribution < -0.4 is 5.32 Å². The normalized spacial score (nSPS) is 20.7. The number of benzene rings is 3. The van der Waals surface area contributed by atoms with Gasteiger partial charge in [0.15, 0.2) is 0 Å². The number of amides is 4. The van der Waals surface area contributed by atoms with E-state index in [4.69, 9.17) is 0 Å². The molecule has 2 aliphatic rings. The van der Waals surface area contributed by atoms with Gasteiger partial charge < -0.3 is 15.1 Å². The van der Waals surface area contributed by atoms with E-state index in [9.17, 15) is 14.4 Å². The summed E-state index contributed by atoms with van der Waals surface area (Å²) in [7, 11) is 1.74. The molecule has 196 valence electrons. The molecule has 0 aliphatic carbocycles. The van der Waals surface area contributed by atoms with Crippen LogP contribution in [-0.4, -0.2) is 70.0 Å². The number of piperazine rings is 1. The van der Waals surface area contributed by atoms with Crippen molar-refractivity contribution < 1.29 is 14.4 Å². The zero-order valence-electron chi connectivity index (χ0n) is 21.7. The molecule has 8 heteroatoms. The van der Waals surface area contributed by atoms with Gasteiger partial charge in [0, 0.05) is 20.0 Å². The van der Waals surface area contributed by atoms with Gasteiger partial charge in [-0.05, 0) is 23.6 Å². The Morgan fingerprint density at radius 1 is 0.895 bits per heavy atom. The van der Waals surface area contributed by atoms with Crippen LogP contribution in [0, 0.1) is 0 Å². The van der Waals surface area contributed by atoms with Crippen LogP contribution in [-0.2, 0) is 22.6 Å². The van der Waals surface area contributed by atoms with Crippen molar-refractivity contribution in [2.24, 2.45) is 0 Å². The minimum absolute atomic E-state index is 0.0159. The van der Waals surface area contributed by atoms with Crippen LogP contribution in [0.3, 0.4) is 0 Å². The number of nitrogens with zero attached hydrogens (tertiary/aromatic N) is 4. The Hall–Kier alpha value is -4.17. The van der Waals surface area contributed by atoms with Gasteiger partial charge in [-0.15, -0.1) is 0 Å².